The molecule has 24 heavy (non-hydrogen) atoms. The first-order chi connectivity index (χ1) is 11.6. The molecule has 1 unspecified atom stereocenters. The summed E-state index contributed by atoms with van der Waals surface area (Å²) in [6.07, 6.45) is 1.63. The molecule has 0 aliphatic carbocycles. The molecule has 0 radical (unpaired) electrons. The first-order valence-corrected chi connectivity index (χ1v) is 7.52. The molecule has 2 aromatic rings. The molecular weight excluding hydrogens is 306 g/mol. The highest BCUT2D eigenvalue weighted by molar-refractivity contribution is 5.96. The molecule has 2 aromatic carbocycles. The number of benzene rings is 2. The molecule has 6 heteroatoms. The quantitative estimate of drug-likeness (QED) is 0.905. The molecule has 1 atom stereocenters. The van der Waals surface area contributed by atoms with Crippen molar-refractivity contribution in [3.63, 3.8) is 0 Å². The number of nitrogens with zero attached hydrogens (tertiary/aromatic N) is 2. The number of carbonyl (C=O) groups excluding carboxylic acids is 1. The Bertz CT molecular complexity index is 775. The molecule has 0 saturated carbocycles. The lowest BCUT2D eigenvalue weighted by molar-refractivity contribution is -0.140. The monoisotopic (exact) mass is 323 g/mol. The summed E-state index contributed by atoms with van der Waals surface area (Å²) in [6, 6.07) is 18.1. The van der Waals surface area contributed by atoms with Crippen molar-refractivity contribution in [2.24, 2.45) is 5.92 Å². The molecule has 1 heterocycles. The Kier molecular flexibility index (Phi) is 4.31. The molecule has 0 spiro atoms. The molecule has 3 rings (SSSR count). The number of carbonyl (C=O) groups is 2. The van der Waals surface area contributed by atoms with E-state index in [1.807, 2.05) is 36.4 Å². The summed E-state index contributed by atoms with van der Waals surface area (Å²) in [4.78, 5) is 24.2. The summed E-state index contributed by atoms with van der Waals surface area (Å²) in [6.45, 7) is 1.55. The van der Waals surface area contributed by atoms with Crippen LogP contribution in [0.5, 0.6) is 0 Å². The number of hydrazine groups is 2. The van der Waals surface area contributed by atoms with Gasteiger partial charge in [-0.3, -0.25) is 14.6 Å². The lowest BCUT2D eigenvalue weighted by Crippen LogP contribution is -2.45. The number of anilines is 1. The summed E-state index contributed by atoms with van der Waals surface area (Å²) in [5, 5.41) is 12.3. The van der Waals surface area contributed by atoms with Crippen molar-refractivity contribution in [3.8, 4) is 0 Å². The van der Waals surface area contributed by atoms with Gasteiger partial charge in [0.05, 0.1) is 17.3 Å². The molecule has 122 valence electrons. The van der Waals surface area contributed by atoms with E-state index in [-0.39, 0.29) is 5.91 Å². The molecule has 1 aliphatic heterocycles. The van der Waals surface area contributed by atoms with Gasteiger partial charge in [0.2, 0.25) is 0 Å². The molecular formula is C18H17N3O3. The number of rotatable bonds is 4. The molecule has 0 fully saturated rings. The van der Waals surface area contributed by atoms with E-state index >= 15 is 0 Å². The number of carboxylic acids is 1. The van der Waals surface area contributed by atoms with Crippen molar-refractivity contribution >= 4 is 17.6 Å². The highest BCUT2D eigenvalue weighted by atomic mass is 16.4. The van der Waals surface area contributed by atoms with Gasteiger partial charge in [-0.25, -0.2) is 5.01 Å². The average molecular weight is 323 g/mol. The van der Waals surface area contributed by atoms with Gasteiger partial charge in [0, 0.05) is 11.8 Å². The van der Waals surface area contributed by atoms with Gasteiger partial charge in [-0.05, 0) is 31.2 Å². The normalized spacial score (nSPS) is 15.1. The Morgan fingerprint density at radius 3 is 2.17 bits per heavy atom. The van der Waals surface area contributed by atoms with Gasteiger partial charge in [-0.15, -0.1) is 5.53 Å². The summed E-state index contributed by atoms with van der Waals surface area (Å²) in [7, 11) is 0. The van der Waals surface area contributed by atoms with E-state index in [1.165, 1.54) is 5.01 Å². The van der Waals surface area contributed by atoms with Crippen LogP contribution in [0.25, 0.3) is 0 Å². The van der Waals surface area contributed by atoms with Crippen LogP contribution in [-0.2, 0) is 4.79 Å². The summed E-state index contributed by atoms with van der Waals surface area (Å²) >= 11 is 0. The SMILES string of the molecule is CC(C(=O)O)C1=CN(c2ccccc2)NN1C(=O)c1ccccc1. The predicted molar refractivity (Wildman–Crippen MR) is 89.6 cm³/mol. The summed E-state index contributed by atoms with van der Waals surface area (Å²) < 4.78 is 0. The zero-order valence-corrected chi connectivity index (χ0v) is 13.1. The second kappa shape index (κ2) is 6.55. The standard InChI is InChI=1S/C18H17N3O3/c1-13(18(23)24)16-12-20(15-10-6-3-7-11-15)19-21(16)17(22)14-8-4-2-5-9-14/h2-13,19H,1H3,(H,23,24). The Balaban J connectivity index is 1.94. The molecule has 6 nitrogen and oxygen atoms in total. The lowest BCUT2D eigenvalue weighted by atomic mass is 10.1. The van der Waals surface area contributed by atoms with Crippen molar-refractivity contribution in [3.05, 3.63) is 78.1 Å². The maximum Gasteiger partial charge on any atom is 0.312 e. The van der Waals surface area contributed by atoms with Crippen LogP contribution in [0.1, 0.15) is 17.3 Å². The maximum atomic E-state index is 12.8. The summed E-state index contributed by atoms with van der Waals surface area (Å²) in [5.74, 6) is -2.14. The third-order valence-corrected chi connectivity index (χ3v) is 3.80. The Labute approximate surface area is 139 Å². The number of carboxylic acid groups (broad SMARTS) is 1. The zero-order chi connectivity index (χ0) is 17.1. The lowest BCUT2D eigenvalue weighted by Gasteiger charge is -2.24. The van der Waals surface area contributed by atoms with Gasteiger partial charge < -0.3 is 5.11 Å². The van der Waals surface area contributed by atoms with Crippen LogP contribution in [0.4, 0.5) is 5.69 Å². The number of nitrogens with one attached hydrogen (secondary N) is 1. The third-order valence-electron chi connectivity index (χ3n) is 3.80. The van der Waals surface area contributed by atoms with Crippen molar-refractivity contribution in [1.82, 2.24) is 10.5 Å². The molecule has 2 N–H and O–H groups in total. The van der Waals surface area contributed by atoms with E-state index in [2.05, 4.69) is 5.53 Å². The number of para-hydroxylation sites is 1. The van der Waals surface area contributed by atoms with Gasteiger partial charge in [0.15, 0.2) is 0 Å². The first kappa shape index (κ1) is 15.8. The molecule has 1 amide bonds. The fourth-order valence-electron chi connectivity index (χ4n) is 2.41. The minimum absolute atomic E-state index is 0.312. The van der Waals surface area contributed by atoms with Crippen molar-refractivity contribution in [2.45, 2.75) is 6.92 Å². The van der Waals surface area contributed by atoms with Gasteiger partial charge in [-0.1, -0.05) is 36.4 Å². The minimum atomic E-state index is -0.996. The topological polar surface area (TPSA) is 72.9 Å². The van der Waals surface area contributed by atoms with Crippen LogP contribution in [-0.4, -0.2) is 22.0 Å². The first-order valence-electron chi connectivity index (χ1n) is 7.52. The van der Waals surface area contributed by atoms with E-state index in [0.29, 0.717) is 11.3 Å². The smallest absolute Gasteiger partial charge is 0.312 e. The number of hydrogen-bond acceptors (Lipinski definition) is 4. The Hall–Kier alpha value is -3.12. The second-order valence-corrected chi connectivity index (χ2v) is 5.43. The number of aliphatic carboxylic acids is 1. The Morgan fingerprint density at radius 2 is 1.58 bits per heavy atom. The van der Waals surface area contributed by atoms with Crippen LogP contribution in [0.3, 0.4) is 0 Å². The van der Waals surface area contributed by atoms with Crippen molar-refractivity contribution in [1.29, 1.82) is 0 Å². The van der Waals surface area contributed by atoms with Crippen LogP contribution >= 0.6 is 0 Å². The van der Waals surface area contributed by atoms with Crippen LogP contribution in [0.15, 0.2) is 72.6 Å². The molecule has 0 saturated heterocycles. The van der Waals surface area contributed by atoms with Crippen LogP contribution in [0.2, 0.25) is 0 Å². The molecule has 1 aliphatic rings. The van der Waals surface area contributed by atoms with E-state index in [4.69, 9.17) is 0 Å². The number of hydrogen-bond donors (Lipinski definition) is 2. The average Bonchev–Trinajstić information content (AvgIpc) is 3.07. The largest absolute Gasteiger partial charge is 0.481 e. The fourth-order valence-corrected chi connectivity index (χ4v) is 2.41. The van der Waals surface area contributed by atoms with Gasteiger partial charge in [-0.2, -0.15) is 0 Å². The van der Waals surface area contributed by atoms with Crippen molar-refractivity contribution in [2.75, 3.05) is 5.01 Å². The fraction of sp³-hybridized carbons (Fsp3) is 0.111. The van der Waals surface area contributed by atoms with E-state index in [9.17, 15) is 14.7 Å². The molecule has 0 aromatic heterocycles. The van der Waals surface area contributed by atoms with Crippen molar-refractivity contribution < 1.29 is 14.7 Å². The van der Waals surface area contributed by atoms with E-state index in [0.717, 1.165) is 5.69 Å². The highest BCUT2D eigenvalue weighted by Gasteiger charge is 2.33. The van der Waals surface area contributed by atoms with E-state index in [1.54, 1.807) is 42.4 Å². The third kappa shape index (κ3) is 3.00. The van der Waals surface area contributed by atoms with Crippen LogP contribution in [0, 0.1) is 5.92 Å². The maximum absolute atomic E-state index is 12.8. The number of amides is 1. The van der Waals surface area contributed by atoms with E-state index < -0.39 is 11.9 Å². The minimum Gasteiger partial charge on any atom is -0.481 e. The van der Waals surface area contributed by atoms with Crippen LogP contribution < -0.4 is 10.5 Å². The van der Waals surface area contributed by atoms with Gasteiger partial charge in [0.25, 0.3) is 5.91 Å². The highest BCUT2D eigenvalue weighted by Crippen LogP contribution is 2.26. The predicted octanol–water partition coefficient (Wildman–Crippen LogP) is 2.63. The Morgan fingerprint density at radius 1 is 1.00 bits per heavy atom. The summed E-state index contributed by atoms with van der Waals surface area (Å²) in [5.41, 5.74) is 4.60. The van der Waals surface area contributed by atoms with Gasteiger partial charge >= 0.3 is 5.97 Å². The zero-order valence-electron chi connectivity index (χ0n) is 13.1. The molecule has 0 bridgehead atoms. The van der Waals surface area contributed by atoms with Gasteiger partial charge in [0.1, 0.15) is 0 Å². The second-order valence-electron chi connectivity index (χ2n) is 5.43.